The lowest BCUT2D eigenvalue weighted by Gasteiger charge is -2.05. The predicted molar refractivity (Wildman–Crippen MR) is 76.7 cm³/mol. The summed E-state index contributed by atoms with van der Waals surface area (Å²) in [6, 6.07) is 11.5. The van der Waals surface area contributed by atoms with Crippen molar-refractivity contribution in [2.24, 2.45) is 5.73 Å². The molecule has 0 bridgehead atoms. The van der Waals surface area contributed by atoms with Crippen LogP contribution in [0.2, 0.25) is 0 Å². The fourth-order valence-corrected chi connectivity index (χ4v) is 2.22. The van der Waals surface area contributed by atoms with Gasteiger partial charge in [-0.1, -0.05) is 34.1 Å². The van der Waals surface area contributed by atoms with E-state index < -0.39 is 5.82 Å². The standard InChI is InChI=1S/C15H13BrFNO/c16-12-4-5-14(17)13(9-12)15(19)11-3-1-2-10(8-11)6-7-18/h1-5,8-9H,6-7,18H2. The van der Waals surface area contributed by atoms with Gasteiger partial charge < -0.3 is 5.73 Å². The first-order chi connectivity index (χ1) is 9.11. The number of nitrogens with two attached hydrogens (primary N) is 1. The van der Waals surface area contributed by atoms with Crippen molar-refractivity contribution in [3.05, 3.63) is 69.4 Å². The Morgan fingerprint density at radius 3 is 2.74 bits per heavy atom. The Kier molecular flexibility index (Phi) is 4.45. The van der Waals surface area contributed by atoms with Gasteiger partial charge in [0, 0.05) is 10.0 Å². The third-order valence-electron chi connectivity index (χ3n) is 2.80. The molecule has 0 aliphatic carbocycles. The first-order valence-electron chi connectivity index (χ1n) is 5.90. The molecule has 2 aromatic carbocycles. The van der Waals surface area contributed by atoms with Gasteiger partial charge in [0.05, 0.1) is 5.56 Å². The Balaban J connectivity index is 2.38. The van der Waals surface area contributed by atoms with Crippen LogP contribution >= 0.6 is 15.9 Å². The van der Waals surface area contributed by atoms with Crippen molar-refractivity contribution in [1.82, 2.24) is 0 Å². The molecule has 0 aromatic heterocycles. The molecular formula is C15H13BrFNO. The maximum Gasteiger partial charge on any atom is 0.196 e. The van der Waals surface area contributed by atoms with Gasteiger partial charge in [-0.15, -0.1) is 0 Å². The second-order valence-corrected chi connectivity index (χ2v) is 5.11. The average Bonchev–Trinajstić information content (AvgIpc) is 2.41. The number of rotatable bonds is 4. The van der Waals surface area contributed by atoms with E-state index in [-0.39, 0.29) is 11.3 Å². The van der Waals surface area contributed by atoms with Crippen LogP contribution in [0.1, 0.15) is 21.5 Å². The molecule has 0 amide bonds. The predicted octanol–water partition coefficient (Wildman–Crippen LogP) is 3.32. The maximum atomic E-state index is 13.7. The molecule has 19 heavy (non-hydrogen) atoms. The maximum absolute atomic E-state index is 13.7. The molecule has 2 rings (SSSR count). The first-order valence-corrected chi connectivity index (χ1v) is 6.70. The molecule has 0 radical (unpaired) electrons. The molecule has 0 fully saturated rings. The number of hydrogen-bond acceptors (Lipinski definition) is 2. The highest BCUT2D eigenvalue weighted by molar-refractivity contribution is 9.10. The first kappa shape index (κ1) is 13.9. The van der Waals surface area contributed by atoms with Gasteiger partial charge in [0.2, 0.25) is 0 Å². The number of ketones is 1. The molecular weight excluding hydrogens is 309 g/mol. The molecule has 2 N–H and O–H groups in total. The summed E-state index contributed by atoms with van der Waals surface area (Å²) in [5.74, 6) is -0.838. The topological polar surface area (TPSA) is 43.1 Å². The molecule has 0 unspecified atom stereocenters. The minimum Gasteiger partial charge on any atom is -0.330 e. The minimum absolute atomic E-state index is 0.0688. The summed E-state index contributed by atoms with van der Waals surface area (Å²) in [5, 5.41) is 0. The van der Waals surface area contributed by atoms with Crippen molar-refractivity contribution in [2.45, 2.75) is 6.42 Å². The van der Waals surface area contributed by atoms with Crippen LogP contribution in [0.5, 0.6) is 0 Å². The minimum atomic E-state index is -0.516. The number of hydrogen-bond donors (Lipinski definition) is 1. The van der Waals surface area contributed by atoms with Crippen LogP contribution in [0.4, 0.5) is 4.39 Å². The smallest absolute Gasteiger partial charge is 0.196 e. The van der Waals surface area contributed by atoms with Crippen LogP contribution in [0.15, 0.2) is 46.9 Å². The van der Waals surface area contributed by atoms with E-state index in [9.17, 15) is 9.18 Å². The van der Waals surface area contributed by atoms with Crippen molar-refractivity contribution < 1.29 is 9.18 Å². The zero-order valence-electron chi connectivity index (χ0n) is 10.2. The van der Waals surface area contributed by atoms with Crippen LogP contribution in [-0.2, 0) is 6.42 Å². The van der Waals surface area contributed by atoms with Gasteiger partial charge in [-0.3, -0.25) is 4.79 Å². The molecule has 0 spiro atoms. The fourth-order valence-electron chi connectivity index (χ4n) is 1.86. The van der Waals surface area contributed by atoms with E-state index in [1.807, 2.05) is 6.07 Å². The lowest BCUT2D eigenvalue weighted by atomic mass is 10.00. The molecule has 0 atom stereocenters. The quantitative estimate of drug-likeness (QED) is 0.878. The third kappa shape index (κ3) is 3.28. The lowest BCUT2D eigenvalue weighted by Crippen LogP contribution is -2.07. The molecule has 2 aromatic rings. The number of carbonyl (C=O) groups excluding carboxylic acids is 1. The van der Waals surface area contributed by atoms with Crippen molar-refractivity contribution in [2.75, 3.05) is 6.54 Å². The van der Waals surface area contributed by atoms with Gasteiger partial charge in [0.25, 0.3) is 0 Å². The summed E-state index contributed by atoms with van der Waals surface area (Å²) in [7, 11) is 0. The van der Waals surface area contributed by atoms with E-state index in [0.29, 0.717) is 23.0 Å². The average molecular weight is 322 g/mol. The third-order valence-corrected chi connectivity index (χ3v) is 3.29. The molecule has 0 saturated heterocycles. The molecule has 0 heterocycles. The summed E-state index contributed by atoms with van der Waals surface area (Å²) in [6.45, 7) is 0.517. The Bertz CT molecular complexity index is 613. The molecule has 98 valence electrons. The van der Waals surface area contributed by atoms with Crippen LogP contribution in [0.3, 0.4) is 0 Å². The summed E-state index contributed by atoms with van der Waals surface area (Å²) in [5.41, 5.74) is 7.01. The lowest BCUT2D eigenvalue weighted by molar-refractivity contribution is 0.103. The Labute approximate surface area is 119 Å². The Morgan fingerprint density at radius 1 is 1.21 bits per heavy atom. The molecule has 2 nitrogen and oxygen atoms in total. The Morgan fingerprint density at radius 2 is 2.00 bits per heavy atom. The van der Waals surface area contributed by atoms with E-state index in [0.717, 1.165) is 5.56 Å². The number of benzene rings is 2. The molecule has 4 heteroatoms. The number of halogens is 2. The van der Waals surface area contributed by atoms with Crippen molar-refractivity contribution in [3.8, 4) is 0 Å². The highest BCUT2D eigenvalue weighted by Crippen LogP contribution is 2.19. The second kappa shape index (κ2) is 6.08. The van der Waals surface area contributed by atoms with Crippen molar-refractivity contribution in [3.63, 3.8) is 0 Å². The normalized spacial score (nSPS) is 10.5. The zero-order chi connectivity index (χ0) is 13.8. The van der Waals surface area contributed by atoms with E-state index in [1.54, 1.807) is 24.3 Å². The molecule has 0 aliphatic heterocycles. The molecule has 0 aliphatic rings. The fraction of sp³-hybridized carbons (Fsp3) is 0.133. The summed E-state index contributed by atoms with van der Waals surface area (Å²) < 4.78 is 14.4. The summed E-state index contributed by atoms with van der Waals surface area (Å²) in [6.07, 6.45) is 0.697. The van der Waals surface area contributed by atoms with Crippen LogP contribution in [0.25, 0.3) is 0 Å². The number of carbonyl (C=O) groups is 1. The van der Waals surface area contributed by atoms with Crippen molar-refractivity contribution in [1.29, 1.82) is 0 Å². The van der Waals surface area contributed by atoms with Crippen LogP contribution in [0, 0.1) is 5.82 Å². The van der Waals surface area contributed by atoms with Crippen LogP contribution in [-0.4, -0.2) is 12.3 Å². The van der Waals surface area contributed by atoms with E-state index in [2.05, 4.69) is 15.9 Å². The largest absolute Gasteiger partial charge is 0.330 e. The van der Waals surface area contributed by atoms with Crippen molar-refractivity contribution >= 4 is 21.7 Å². The van der Waals surface area contributed by atoms with Gasteiger partial charge in [-0.25, -0.2) is 4.39 Å². The monoisotopic (exact) mass is 321 g/mol. The highest BCUT2D eigenvalue weighted by Gasteiger charge is 2.14. The Hall–Kier alpha value is -1.52. The van der Waals surface area contributed by atoms with Crippen LogP contribution < -0.4 is 5.73 Å². The van der Waals surface area contributed by atoms with Gasteiger partial charge in [-0.2, -0.15) is 0 Å². The SMILES string of the molecule is NCCc1cccc(C(=O)c2cc(Br)ccc2F)c1. The zero-order valence-corrected chi connectivity index (χ0v) is 11.8. The van der Waals surface area contributed by atoms with E-state index >= 15 is 0 Å². The summed E-state index contributed by atoms with van der Waals surface area (Å²) >= 11 is 3.24. The van der Waals surface area contributed by atoms with Gasteiger partial charge in [0.15, 0.2) is 5.78 Å². The van der Waals surface area contributed by atoms with Gasteiger partial charge in [0.1, 0.15) is 5.82 Å². The second-order valence-electron chi connectivity index (χ2n) is 4.19. The highest BCUT2D eigenvalue weighted by atomic mass is 79.9. The summed E-state index contributed by atoms with van der Waals surface area (Å²) in [4.78, 5) is 12.3. The van der Waals surface area contributed by atoms with Gasteiger partial charge >= 0.3 is 0 Å². The molecule has 0 saturated carbocycles. The van der Waals surface area contributed by atoms with E-state index in [4.69, 9.17) is 5.73 Å². The van der Waals surface area contributed by atoms with Gasteiger partial charge in [-0.05, 0) is 42.8 Å². The van der Waals surface area contributed by atoms with E-state index in [1.165, 1.54) is 12.1 Å².